The molecule has 0 aromatic heterocycles. The van der Waals surface area contributed by atoms with Crippen LogP contribution >= 0.6 is 11.8 Å². The molecule has 1 saturated carbocycles. The Morgan fingerprint density at radius 2 is 1.87 bits per heavy atom. The normalized spacial score (nSPS) is 21.9. The number of thioether (sulfide) groups is 1. The predicted molar refractivity (Wildman–Crippen MR) is 109 cm³/mol. The van der Waals surface area contributed by atoms with Gasteiger partial charge >= 0.3 is 0 Å². The smallest absolute Gasteiger partial charge is 0.293 e. The highest BCUT2D eigenvalue weighted by molar-refractivity contribution is 8.18. The summed E-state index contributed by atoms with van der Waals surface area (Å²) in [4.78, 5) is 38.2. The number of carbonyl (C=O) groups excluding carboxylic acids is 3. The number of nitrogens with one attached hydrogen (secondary N) is 1. The van der Waals surface area contributed by atoms with E-state index in [1.165, 1.54) is 36.4 Å². The van der Waals surface area contributed by atoms with E-state index in [1.807, 2.05) is 0 Å². The molecular formula is C22H18F2N2O3S. The Kier molecular flexibility index (Phi) is 5.67. The number of amides is 3. The summed E-state index contributed by atoms with van der Waals surface area (Å²) in [7, 11) is 0. The van der Waals surface area contributed by atoms with Gasteiger partial charge in [0.25, 0.3) is 11.1 Å². The molecule has 0 radical (unpaired) electrons. The number of benzene rings is 2. The Hall–Kier alpha value is -3.00. The standard InChI is InChI=1S/C22H18F2N2O3S/c23-14-7-5-13(6-8-14)11-19-21(28)26(22(29)30-19)10-9-25-20(27)17-12-16(17)15-3-1-2-4-18(15)24/h1-8,11,16-17H,9-10,12H2,(H,25,27)/b19-11-. The van der Waals surface area contributed by atoms with Crippen LogP contribution in [-0.2, 0) is 9.59 Å². The Bertz CT molecular complexity index is 1040. The van der Waals surface area contributed by atoms with E-state index < -0.39 is 11.1 Å². The predicted octanol–water partition coefficient (Wildman–Crippen LogP) is 3.92. The summed E-state index contributed by atoms with van der Waals surface area (Å²) in [6.07, 6.45) is 2.11. The minimum Gasteiger partial charge on any atom is -0.354 e. The molecule has 1 saturated heterocycles. The maximum atomic E-state index is 13.8. The quantitative estimate of drug-likeness (QED) is 0.709. The van der Waals surface area contributed by atoms with E-state index in [2.05, 4.69) is 5.32 Å². The minimum absolute atomic E-state index is 0.0499. The van der Waals surface area contributed by atoms with Crippen LogP contribution in [0.5, 0.6) is 0 Å². The second-order valence-electron chi connectivity index (χ2n) is 7.15. The zero-order chi connectivity index (χ0) is 21.3. The fraction of sp³-hybridized carbons (Fsp3) is 0.227. The first-order chi connectivity index (χ1) is 14.4. The van der Waals surface area contributed by atoms with E-state index in [0.717, 1.165) is 16.7 Å². The molecule has 1 aliphatic carbocycles. The van der Waals surface area contributed by atoms with Crippen LogP contribution in [0, 0.1) is 17.6 Å². The lowest BCUT2D eigenvalue weighted by Gasteiger charge is -2.13. The zero-order valence-electron chi connectivity index (χ0n) is 15.8. The molecule has 4 rings (SSSR count). The third kappa shape index (κ3) is 4.28. The van der Waals surface area contributed by atoms with Crippen molar-refractivity contribution in [2.75, 3.05) is 13.1 Å². The molecule has 30 heavy (non-hydrogen) atoms. The molecule has 1 heterocycles. The van der Waals surface area contributed by atoms with Crippen LogP contribution in [0.15, 0.2) is 53.4 Å². The Morgan fingerprint density at radius 3 is 2.60 bits per heavy atom. The molecule has 8 heteroatoms. The summed E-state index contributed by atoms with van der Waals surface area (Å²) in [5.41, 5.74) is 1.15. The van der Waals surface area contributed by atoms with Crippen molar-refractivity contribution < 1.29 is 23.2 Å². The van der Waals surface area contributed by atoms with Gasteiger partial charge in [0.05, 0.1) is 4.91 Å². The average Bonchev–Trinajstić information content (AvgIpc) is 3.48. The highest BCUT2D eigenvalue weighted by atomic mass is 32.2. The van der Waals surface area contributed by atoms with Crippen molar-refractivity contribution in [3.05, 3.63) is 76.2 Å². The van der Waals surface area contributed by atoms with E-state index in [4.69, 9.17) is 0 Å². The van der Waals surface area contributed by atoms with Crippen LogP contribution in [0.25, 0.3) is 6.08 Å². The molecule has 2 aliphatic rings. The monoisotopic (exact) mass is 428 g/mol. The Balaban J connectivity index is 1.29. The molecule has 0 bridgehead atoms. The molecule has 2 unspecified atom stereocenters. The van der Waals surface area contributed by atoms with Crippen molar-refractivity contribution in [2.24, 2.45) is 5.92 Å². The number of nitrogens with zero attached hydrogens (tertiary/aromatic N) is 1. The lowest BCUT2D eigenvalue weighted by Crippen LogP contribution is -2.37. The largest absolute Gasteiger partial charge is 0.354 e. The molecule has 1 N–H and O–H groups in total. The Labute approximate surface area is 176 Å². The number of carbonyl (C=O) groups is 3. The second-order valence-corrected chi connectivity index (χ2v) is 8.14. The van der Waals surface area contributed by atoms with Crippen LogP contribution < -0.4 is 5.32 Å². The fourth-order valence-corrected chi connectivity index (χ4v) is 4.29. The second kappa shape index (κ2) is 8.39. The molecule has 5 nitrogen and oxygen atoms in total. The van der Waals surface area contributed by atoms with Gasteiger partial charge in [-0.1, -0.05) is 30.3 Å². The van der Waals surface area contributed by atoms with Crippen molar-refractivity contribution >= 4 is 34.9 Å². The van der Waals surface area contributed by atoms with Crippen molar-refractivity contribution in [2.45, 2.75) is 12.3 Å². The van der Waals surface area contributed by atoms with E-state index in [0.29, 0.717) is 17.5 Å². The molecule has 3 amide bonds. The summed E-state index contributed by atoms with van der Waals surface area (Å²) in [5, 5.41) is 2.31. The minimum atomic E-state index is -0.445. The van der Waals surface area contributed by atoms with Crippen LogP contribution in [0.4, 0.5) is 13.6 Å². The summed E-state index contributed by atoms with van der Waals surface area (Å²) in [6.45, 7) is 0.176. The first-order valence-corrected chi connectivity index (χ1v) is 10.3. The van der Waals surface area contributed by atoms with Gasteiger partial charge in [-0.25, -0.2) is 8.78 Å². The van der Waals surface area contributed by atoms with Gasteiger partial charge in [0.15, 0.2) is 0 Å². The lowest BCUT2D eigenvalue weighted by atomic mass is 10.1. The van der Waals surface area contributed by atoms with Crippen molar-refractivity contribution in [1.82, 2.24) is 10.2 Å². The third-order valence-electron chi connectivity index (χ3n) is 5.11. The zero-order valence-corrected chi connectivity index (χ0v) is 16.6. The number of imide groups is 1. The topological polar surface area (TPSA) is 66.5 Å². The van der Waals surface area contributed by atoms with Crippen molar-refractivity contribution in [3.63, 3.8) is 0 Å². The molecule has 2 aromatic rings. The summed E-state index contributed by atoms with van der Waals surface area (Å²) >= 11 is 0.808. The maximum Gasteiger partial charge on any atom is 0.293 e. The molecular weight excluding hydrogens is 410 g/mol. The van der Waals surface area contributed by atoms with E-state index in [-0.39, 0.29) is 47.4 Å². The third-order valence-corrected chi connectivity index (χ3v) is 6.02. The Morgan fingerprint density at radius 1 is 1.13 bits per heavy atom. The average molecular weight is 428 g/mol. The van der Waals surface area contributed by atoms with Gasteiger partial charge < -0.3 is 5.32 Å². The van der Waals surface area contributed by atoms with E-state index >= 15 is 0 Å². The van der Waals surface area contributed by atoms with Crippen molar-refractivity contribution in [3.8, 4) is 0 Å². The molecule has 1 aliphatic heterocycles. The lowest BCUT2D eigenvalue weighted by molar-refractivity contribution is -0.124. The van der Waals surface area contributed by atoms with Gasteiger partial charge in [-0.05, 0) is 59.5 Å². The number of hydrogen-bond acceptors (Lipinski definition) is 4. The van der Waals surface area contributed by atoms with Gasteiger partial charge in [-0.3, -0.25) is 19.3 Å². The summed E-state index contributed by atoms with van der Waals surface area (Å²) in [6, 6.07) is 12.0. The van der Waals surface area contributed by atoms with Crippen LogP contribution in [0.2, 0.25) is 0 Å². The number of rotatable bonds is 6. The van der Waals surface area contributed by atoms with Gasteiger partial charge in [-0.15, -0.1) is 0 Å². The van der Waals surface area contributed by atoms with E-state index in [1.54, 1.807) is 18.2 Å². The first-order valence-electron chi connectivity index (χ1n) is 9.47. The van der Waals surface area contributed by atoms with Gasteiger partial charge in [-0.2, -0.15) is 0 Å². The maximum absolute atomic E-state index is 13.8. The van der Waals surface area contributed by atoms with Gasteiger partial charge in [0.2, 0.25) is 5.91 Å². The van der Waals surface area contributed by atoms with Crippen molar-refractivity contribution in [1.29, 1.82) is 0 Å². The molecule has 2 fully saturated rings. The number of hydrogen-bond donors (Lipinski definition) is 1. The number of halogens is 2. The molecule has 0 spiro atoms. The van der Waals surface area contributed by atoms with Gasteiger partial charge in [0.1, 0.15) is 11.6 Å². The highest BCUT2D eigenvalue weighted by Crippen LogP contribution is 2.48. The van der Waals surface area contributed by atoms with Gasteiger partial charge in [0, 0.05) is 19.0 Å². The van der Waals surface area contributed by atoms with E-state index in [9.17, 15) is 23.2 Å². The highest BCUT2D eigenvalue weighted by Gasteiger charge is 2.45. The fourth-order valence-electron chi connectivity index (χ4n) is 3.43. The van der Waals surface area contributed by atoms with Crippen LogP contribution in [0.3, 0.4) is 0 Å². The molecule has 2 atom stereocenters. The summed E-state index contributed by atoms with van der Waals surface area (Å²) in [5.74, 6) is -1.79. The molecule has 154 valence electrons. The molecule has 2 aromatic carbocycles. The van der Waals surface area contributed by atoms with Crippen LogP contribution in [0.1, 0.15) is 23.5 Å². The van der Waals surface area contributed by atoms with Crippen LogP contribution in [-0.4, -0.2) is 35.0 Å². The first kappa shape index (κ1) is 20.3. The SMILES string of the molecule is O=C(NCCN1C(=O)S/C(=C\c2ccc(F)cc2)C1=O)C1CC1c1ccccc1F. The summed E-state index contributed by atoms with van der Waals surface area (Å²) < 4.78 is 26.8.